The minimum Gasteiger partial charge on any atom is -0.464 e. The first-order chi connectivity index (χ1) is 14.3. The molecule has 1 amide bonds. The fourth-order valence-corrected chi connectivity index (χ4v) is 3.73. The van der Waals surface area contributed by atoms with Crippen LogP contribution in [0.3, 0.4) is 0 Å². The summed E-state index contributed by atoms with van der Waals surface area (Å²) in [6.45, 7) is 9.15. The molecule has 0 aliphatic carbocycles. The highest BCUT2D eigenvalue weighted by atomic mass is 16.5. The van der Waals surface area contributed by atoms with Gasteiger partial charge in [0.25, 0.3) is 0 Å². The van der Waals surface area contributed by atoms with Crippen LogP contribution in [0.1, 0.15) is 65.1 Å². The number of unbranched alkanes of at least 4 members (excludes halogenated alkanes) is 3. The van der Waals surface area contributed by atoms with Crippen LogP contribution in [0.4, 0.5) is 0 Å². The van der Waals surface area contributed by atoms with Crippen LogP contribution in [-0.2, 0) is 20.9 Å². The predicted octanol–water partition coefficient (Wildman–Crippen LogP) is 4.13. The summed E-state index contributed by atoms with van der Waals surface area (Å²) < 4.78 is 7.39. The molecule has 166 valence electrons. The van der Waals surface area contributed by atoms with Crippen molar-refractivity contribution in [3.63, 3.8) is 0 Å². The lowest BCUT2D eigenvalue weighted by molar-refractivity contribution is -0.154. The Morgan fingerprint density at radius 1 is 1.20 bits per heavy atom. The van der Waals surface area contributed by atoms with Crippen molar-refractivity contribution in [1.82, 2.24) is 19.4 Å². The highest BCUT2D eigenvalue weighted by molar-refractivity contribution is 5.84. The number of amides is 1. The summed E-state index contributed by atoms with van der Waals surface area (Å²) in [7, 11) is 1.72. The van der Waals surface area contributed by atoms with E-state index in [1.165, 1.54) is 0 Å². The number of pyridine rings is 1. The molecule has 0 fully saturated rings. The van der Waals surface area contributed by atoms with E-state index in [0.29, 0.717) is 25.4 Å². The van der Waals surface area contributed by atoms with Gasteiger partial charge < -0.3 is 14.2 Å². The average Bonchev–Trinajstić information content (AvgIpc) is 3.03. The highest BCUT2D eigenvalue weighted by Gasteiger charge is 2.28. The third-order valence-corrected chi connectivity index (χ3v) is 5.38. The molecule has 1 atom stereocenters. The van der Waals surface area contributed by atoms with Crippen molar-refractivity contribution in [3.05, 3.63) is 24.3 Å². The molecule has 2 heterocycles. The number of ether oxygens (including phenoxy) is 1. The van der Waals surface area contributed by atoms with Gasteiger partial charge in [-0.3, -0.25) is 9.78 Å². The summed E-state index contributed by atoms with van der Waals surface area (Å²) in [5, 5.41) is 0. The van der Waals surface area contributed by atoms with Crippen LogP contribution in [0.5, 0.6) is 0 Å². The van der Waals surface area contributed by atoms with Gasteiger partial charge in [-0.1, -0.05) is 26.7 Å². The molecule has 0 spiro atoms. The molecule has 2 rings (SSSR count). The second-order valence-corrected chi connectivity index (χ2v) is 8.24. The predicted molar refractivity (Wildman–Crippen MR) is 118 cm³/mol. The molecule has 2 aromatic heterocycles. The molecule has 0 saturated carbocycles. The summed E-state index contributed by atoms with van der Waals surface area (Å²) in [6.07, 6.45) is 8.58. The summed E-state index contributed by atoms with van der Waals surface area (Å²) in [6, 6.07) is 1.51. The molecule has 0 N–H and O–H groups in total. The largest absolute Gasteiger partial charge is 0.464 e. The monoisotopic (exact) mass is 416 g/mol. The van der Waals surface area contributed by atoms with Gasteiger partial charge in [0.05, 0.1) is 18.3 Å². The number of carbonyl (C=O) groups excluding carboxylic acids is 2. The van der Waals surface area contributed by atoms with E-state index in [0.717, 1.165) is 49.1 Å². The second kappa shape index (κ2) is 11.7. The maximum absolute atomic E-state index is 12.6. The van der Waals surface area contributed by atoms with Crippen molar-refractivity contribution in [2.75, 3.05) is 13.7 Å². The molecule has 0 saturated heterocycles. The molecular weight excluding hydrogens is 380 g/mol. The maximum atomic E-state index is 12.6. The molecule has 30 heavy (non-hydrogen) atoms. The molecule has 0 unspecified atom stereocenters. The Morgan fingerprint density at radius 2 is 1.93 bits per heavy atom. The van der Waals surface area contributed by atoms with Gasteiger partial charge in [-0.2, -0.15) is 0 Å². The van der Waals surface area contributed by atoms with Gasteiger partial charge in [0.1, 0.15) is 17.4 Å². The number of likely N-dealkylation sites (N-methyl/N-ethyl adjacent to an activating group) is 1. The van der Waals surface area contributed by atoms with Crippen LogP contribution in [0.25, 0.3) is 11.0 Å². The molecule has 2 aromatic rings. The van der Waals surface area contributed by atoms with Crippen LogP contribution >= 0.6 is 0 Å². The van der Waals surface area contributed by atoms with Gasteiger partial charge in [-0.15, -0.1) is 0 Å². The van der Waals surface area contributed by atoms with Gasteiger partial charge in [-0.25, -0.2) is 9.78 Å². The Balaban J connectivity index is 1.75. The number of fused-ring (bicyclic) bond motifs is 1. The Kier molecular flexibility index (Phi) is 9.27. The van der Waals surface area contributed by atoms with Crippen molar-refractivity contribution in [2.45, 2.75) is 78.8 Å². The van der Waals surface area contributed by atoms with E-state index in [2.05, 4.69) is 14.5 Å². The Bertz CT molecular complexity index is 831. The average molecular weight is 417 g/mol. The molecule has 0 bridgehead atoms. The van der Waals surface area contributed by atoms with Crippen LogP contribution < -0.4 is 0 Å². The number of rotatable bonds is 12. The van der Waals surface area contributed by atoms with Crippen molar-refractivity contribution in [3.8, 4) is 0 Å². The lowest BCUT2D eigenvalue weighted by Crippen LogP contribution is -2.44. The smallest absolute Gasteiger partial charge is 0.328 e. The van der Waals surface area contributed by atoms with E-state index >= 15 is 0 Å². The van der Waals surface area contributed by atoms with Crippen LogP contribution in [0.15, 0.2) is 18.5 Å². The van der Waals surface area contributed by atoms with Crippen LogP contribution in [0.2, 0.25) is 0 Å². The fraction of sp³-hybridized carbons (Fsp3) is 0.652. The summed E-state index contributed by atoms with van der Waals surface area (Å²) in [5.41, 5.74) is 2.05. The van der Waals surface area contributed by atoms with Gasteiger partial charge in [-0.05, 0) is 45.1 Å². The zero-order valence-electron chi connectivity index (χ0n) is 19.1. The molecule has 7 heteroatoms. The van der Waals surface area contributed by atoms with Gasteiger partial charge in [0, 0.05) is 26.2 Å². The zero-order valence-corrected chi connectivity index (χ0v) is 19.1. The molecular formula is C23H36N4O3. The number of nitrogens with zero attached hydrogens (tertiary/aromatic N) is 4. The summed E-state index contributed by atoms with van der Waals surface area (Å²) in [4.78, 5) is 35.1. The maximum Gasteiger partial charge on any atom is 0.328 e. The van der Waals surface area contributed by atoms with Crippen LogP contribution in [-0.4, -0.2) is 51.0 Å². The van der Waals surface area contributed by atoms with E-state index in [1.54, 1.807) is 31.3 Å². The number of aryl methyl sites for hydroxylation is 2. The third-order valence-electron chi connectivity index (χ3n) is 5.38. The minimum absolute atomic E-state index is 0.0117. The highest BCUT2D eigenvalue weighted by Crippen LogP contribution is 2.17. The van der Waals surface area contributed by atoms with Gasteiger partial charge >= 0.3 is 5.97 Å². The first-order valence-corrected chi connectivity index (χ1v) is 11.0. The molecule has 0 radical (unpaired) electrons. The van der Waals surface area contributed by atoms with Gasteiger partial charge in [0.2, 0.25) is 5.91 Å². The molecule has 0 aromatic carbocycles. The third kappa shape index (κ3) is 6.54. The molecule has 7 nitrogen and oxygen atoms in total. The number of hydrogen-bond donors (Lipinski definition) is 0. The molecule has 0 aliphatic rings. The van der Waals surface area contributed by atoms with Crippen molar-refractivity contribution in [1.29, 1.82) is 0 Å². The Morgan fingerprint density at radius 3 is 2.63 bits per heavy atom. The first-order valence-electron chi connectivity index (χ1n) is 11.0. The molecule has 0 aliphatic heterocycles. The number of hydrogen-bond acceptors (Lipinski definition) is 5. The quantitative estimate of drug-likeness (QED) is 0.384. The van der Waals surface area contributed by atoms with E-state index < -0.39 is 6.04 Å². The number of imidazole rings is 1. The Labute approximate surface area is 179 Å². The SMILES string of the molecule is CCOC(=O)[C@H](CC(C)C)N(C)C(=O)CCCCCCn1c(C)nc2cnccc21. The number of esters is 1. The van der Waals surface area contributed by atoms with Gasteiger partial charge in [0.15, 0.2) is 0 Å². The normalized spacial score (nSPS) is 12.3. The zero-order chi connectivity index (χ0) is 22.1. The number of aromatic nitrogens is 3. The van der Waals surface area contributed by atoms with Crippen molar-refractivity contribution in [2.24, 2.45) is 5.92 Å². The van der Waals surface area contributed by atoms with E-state index in [-0.39, 0.29) is 11.9 Å². The minimum atomic E-state index is -0.496. The van der Waals surface area contributed by atoms with Crippen LogP contribution in [0, 0.1) is 12.8 Å². The topological polar surface area (TPSA) is 77.3 Å². The number of carbonyl (C=O) groups is 2. The Hall–Kier alpha value is -2.44. The standard InChI is InChI=1S/C23H36N4O3/c1-6-30-23(29)21(15-17(2)3)26(5)22(28)11-9-7-8-10-14-27-18(4)25-19-16-24-13-12-20(19)27/h12-13,16-17,21H,6-11,14-15H2,1-5H3/t21-/m0/s1. The van der Waals surface area contributed by atoms with E-state index in [1.807, 2.05) is 26.8 Å². The van der Waals surface area contributed by atoms with E-state index in [9.17, 15) is 9.59 Å². The van der Waals surface area contributed by atoms with Crippen molar-refractivity contribution >= 4 is 22.9 Å². The van der Waals surface area contributed by atoms with Crippen molar-refractivity contribution < 1.29 is 14.3 Å². The summed E-state index contributed by atoms with van der Waals surface area (Å²) in [5.74, 6) is 1.02. The lowest BCUT2D eigenvalue weighted by atomic mass is 10.0. The lowest BCUT2D eigenvalue weighted by Gasteiger charge is -2.27. The van der Waals surface area contributed by atoms with E-state index in [4.69, 9.17) is 4.74 Å². The summed E-state index contributed by atoms with van der Waals surface area (Å²) >= 11 is 0. The first kappa shape index (κ1) is 23.8. The second-order valence-electron chi connectivity index (χ2n) is 8.24. The fourth-order valence-electron chi connectivity index (χ4n) is 3.73.